The predicted molar refractivity (Wildman–Crippen MR) is 111 cm³/mol. The average Bonchev–Trinajstić information content (AvgIpc) is 3.04. The van der Waals surface area contributed by atoms with Crippen molar-refractivity contribution in [1.29, 1.82) is 0 Å². The monoisotopic (exact) mass is 391 g/mol. The van der Waals surface area contributed by atoms with Crippen LogP contribution in [0.5, 0.6) is 0 Å². The summed E-state index contributed by atoms with van der Waals surface area (Å²) >= 11 is 0. The first-order valence-electron chi connectivity index (χ1n) is 10.8. The van der Waals surface area contributed by atoms with E-state index in [0.717, 1.165) is 50.8 Å². The van der Waals surface area contributed by atoms with Gasteiger partial charge in [0.1, 0.15) is 0 Å². The molecule has 1 aliphatic carbocycles. The van der Waals surface area contributed by atoms with Gasteiger partial charge in [-0.3, -0.25) is 9.59 Å². The van der Waals surface area contributed by atoms with Gasteiger partial charge in [0.25, 0.3) is 0 Å². The summed E-state index contributed by atoms with van der Waals surface area (Å²) in [5, 5.41) is 0. The zero-order chi connectivity index (χ0) is 20.4. The second-order valence-corrected chi connectivity index (χ2v) is 7.72. The molecule has 0 bridgehead atoms. The van der Waals surface area contributed by atoms with E-state index in [9.17, 15) is 9.59 Å². The summed E-state index contributed by atoms with van der Waals surface area (Å²) in [6, 6.07) is 4.05. The number of ether oxygens (including phenoxy) is 1. The minimum absolute atomic E-state index is 0.0405. The van der Waals surface area contributed by atoms with Crippen molar-refractivity contribution in [2.45, 2.75) is 58.9 Å². The van der Waals surface area contributed by atoms with Crippen molar-refractivity contribution in [2.24, 2.45) is 13.0 Å². The van der Waals surface area contributed by atoms with Crippen LogP contribution in [0.4, 0.5) is 0 Å². The molecule has 0 unspecified atom stereocenters. The molecule has 0 saturated heterocycles. The molecular formula is C22H37N3O3. The molecule has 2 rings (SSSR count). The van der Waals surface area contributed by atoms with Crippen molar-refractivity contribution >= 4 is 11.8 Å². The molecule has 158 valence electrons. The van der Waals surface area contributed by atoms with Gasteiger partial charge in [-0.2, -0.15) is 0 Å². The van der Waals surface area contributed by atoms with Crippen LogP contribution in [0.1, 0.15) is 58.1 Å². The third-order valence-corrected chi connectivity index (χ3v) is 5.55. The van der Waals surface area contributed by atoms with E-state index >= 15 is 0 Å². The molecule has 28 heavy (non-hydrogen) atoms. The molecule has 6 nitrogen and oxygen atoms in total. The van der Waals surface area contributed by atoms with Gasteiger partial charge in [-0.1, -0.05) is 19.8 Å². The smallest absolute Gasteiger partial charge is 0.242 e. The molecule has 0 aromatic carbocycles. The Morgan fingerprint density at radius 3 is 2.50 bits per heavy atom. The first-order valence-corrected chi connectivity index (χ1v) is 10.8. The van der Waals surface area contributed by atoms with Gasteiger partial charge in [-0.05, 0) is 44.7 Å². The summed E-state index contributed by atoms with van der Waals surface area (Å²) in [4.78, 5) is 29.6. The highest BCUT2D eigenvalue weighted by molar-refractivity contribution is 5.86. The zero-order valence-electron chi connectivity index (χ0n) is 17.9. The number of carbonyl (C=O) groups excluding carboxylic acids is 2. The fourth-order valence-electron chi connectivity index (χ4n) is 3.44. The molecule has 0 spiro atoms. The Morgan fingerprint density at radius 2 is 1.93 bits per heavy atom. The van der Waals surface area contributed by atoms with Gasteiger partial charge in [-0.25, -0.2) is 0 Å². The van der Waals surface area contributed by atoms with E-state index in [1.807, 2.05) is 41.8 Å². The third kappa shape index (κ3) is 6.66. The van der Waals surface area contributed by atoms with Crippen LogP contribution in [0, 0.1) is 5.92 Å². The van der Waals surface area contributed by atoms with Crippen molar-refractivity contribution in [1.82, 2.24) is 14.4 Å². The fraction of sp³-hybridized carbons (Fsp3) is 0.727. The minimum Gasteiger partial charge on any atom is -0.382 e. The number of carbonyl (C=O) groups is 2. The van der Waals surface area contributed by atoms with Gasteiger partial charge in [0.2, 0.25) is 11.8 Å². The van der Waals surface area contributed by atoms with E-state index in [-0.39, 0.29) is 24.3 Å². The largest absolute Gasteiger partial charge is 0.382 e. The van der Waals surface area contributed by atoms with Gasteiger partial charge in [0.05, 0.1) is 13.1 Å². The number of rotatable bonds is 13. The lowest BCUT2D eigenvalue weighted by Crippen LogP contribution is -2.46. The number of hydrogen-bond acceptors (Lipinski definition) is 3. The topological polar surface area (TPSA) is 54.8 Å². The van der Waals surface area contributed by atoms with Crippen molar-refractivity contribution in [3.63, 3.8) is 0 Å². The Labute approximate surface area is 169 Å². The number of amides is 2. The van der Waals surface area contributed by atoms with Crippen LogP contribution < -0.4 is 0 Å². The molecule has 1 aromatic heterocycles. The normalized spacial score (nSPS) is 14.0. The maximum Gasteiger partial charge on any atom is 0.242 e. The molecule has 1 heterocycles. The Morgan fingerprint density at radius 1 is 1.18 bits per heavy atom. The fourth-order valence-corrected chi connectivity index (χ4v) is 3.44. The molecule has 0 atom stereocenters. The third-order valence-electron chi connectivity index (χ3n) is 5.55. The maximum atomic E-state index is 13.1. The highest BCUT2D eigenvalue weighted by Gasteiger charge is 2.31. The van der Waals surface area contributed by atoms with Crippen LogP contribution >= 0.6 is 0 Å². The molecule has 1 aromatic rings. The standard InChI is InChI=1S/C22H37N3O3/c1-4-6-14-24(17-20-12-8-13-23(20)3)21(26)18-25(15-9-16-28-5-2)22(27)19-10-7-11-19/h8,12-13,19H,4-7,9-11,14-18H2,1-3H3. The van der Waals surface area contributed by atoms with Gasteiger partial charge in [0.15, 0.2) is 0 Å². The quantitative estimate of drug-likeness (QED) is 0.485. The minimum atomic E-state index is 0.0405. The summed E-state index contributed by atoms with van der Waals surface area (Å²) in [7, 11) is 2.00. The lowest BCUT2D eigenvalue weighted by molar-refractivity contribution is -0.145. The van der Waals surface area contributed by atoms with Crippen LogP contribution in [0.2, 0.25) is 0 Å². The van der Waals surface area contributed by atoms with Gasteiger partial charge < -0.3 is 19.1 Å². The molecular weight excluding hydrogens is 354 g/mol. The molecule has 0 aliphatic heterocycles. The molecule has 0 N–H and O–H groups in total. The SMILES string of the molecule is CCCCN(Cc1cccn1C)C(=O)CN(CCCOCC)C(=O)C1CCC1. The van der Waals surface area contributed by atoms with Crippen molar-refractivity contribution in [3.8, 4) is 0 Å². The van der Waals surface area contributed by atoms with Gasteiger partial charge in [-0.15, -0.1) is 0 Å². The Kier molecular flexibility index (Phi) is 9.55. The van der Waals surface area contributed by atoms with Gasteiger partial charge >= 0.3 is 0 Å². The highest BCUT2D eigenvalue weighted by atomic mass is 16.5. The van der Waals surface area contributed by atoms with Gasteiger partial charge in [0, 0.05) is 51.2 Å². The predicted octanol–water partition coefficient (Wildman–Crippen LogP) is 3.21. The maximum absolute atomic E-state index is 13.1. The van der Waals surface area contributed by atoms with E-state index < -0.39 is 0 Å². The van der Waals surface area contributed by atoms with Crippen LogP contribution in [0.15, 0.2) is 18.3 Å². The summed E-state index contributed by atoms with van der Waals surface area (Å²) < 4.78 is 7.46. The number of unbranched alkanes of at least 4 members (excludes halogenated alkanes) is 1. The summed E-state index contributed by atoms with van der Waals surface area (Å²) in [5.74, 6) is 0.293. The second kappa shape index (κ2) is 11.9. The first-order chi connectivity index (χ1) is 13.6. The molecule has 2 amide bonds. The number of aryl methyl sites for hydroxylation is 1. The van der Waals surface area contributed by atoms with E-state index in [0.29, 0.717) is 26.3 Å². The van der Waals surface area contributed by atoms with Crippen LogP contribution in [-0.2, 0) is 27.9 Å². The van der Waals surface area contributed by atoms with Crippen LogP contribution in [0.3, 0.4) is 0 Å². The van der Waals surface area contributed by atoms with E-state index in [4.69, 9.17) is 4.74 Å². The lowest BCUT2D eigenvalue weighted by atomic mass is 9.84. The molecule has 0 radical (unpaired) electrons. The lowest BCUT2D eigenvalue weighted by Gasteiger charge is -2.33. The molecule has 1 aliphatic rings. The molecule has 1 fully saturated rings. The number of nitrogens with zero attached hydrogens (tertiary/aromatic N) is 3. The Bertz CT molecular complexity index is 610. The summed E-state index contributed by atoms with van der Waals surface area (Å²) in [5.41, 5.74) is 1.11. The first kappa shape index (κ1) is 22.5. The van der Waals surface area contributed by atoms with E-state index in [2.05, 4.69) is 6.92 Å². The molecule has 1 saturated carbocycles. The van der Waals surface area contributed by atoms with Crippen LogP contribution in [0.25, 0.3) is 0 Å². The second-order valence-electron chi connectivity index (χ2n) is 7.72. The summed E-state index contributed by atoms with van der Waals surface area (Å²) in [6.07, 6.45) is 7.81. The number of hydrogen-bond donors (Lipinski definition) is 0. The highest BCUT2D eigenvalue weighted by Crippen LogP contribution is 2.28. The van der Waals surface area contributed by atoms with Crippen molar-refractivity contribution in [2.75, 3.05) is 32.8 Å². The van der Waals surface area contributed by atoms with Crippen molar-refractivity contribution in [3.05, 3.63) is 24.0 Å². The summed E-state index contributed by atoms with van der Waals surface area (Å²) in [6.45, 7) is 7.49. The van der Waals surface area contributed by atoms with E-state index in [1.54, 1.807) is 4.90 Å². The Balaban J connectivity index is 2.00. The zero-order valence-corrected chi connectivity index (χ0v) is 17.9. The molecule has 6 heteroatoms. The van der Waals surface area contributed by atoms with Crippen molar-refractivity contribution < 1.29 is 14.3 Å². The number of aromatic nitrogens is 1. The average molecular weight is 392 g/mol. The van der Waals surface area contributed by atoms with E-state index in [1.165, 1.54) is 0 Å². The Hall–Kier alpha value is -1.82. The van der Waals surface area contributed by atoms with Crippen LogP contribution in [-0.4, -0.2) is 59.0 Å².